The summed E-state index contributed by atoms with van der Waals surface area (Å²) in [4.78, 5) is 11.5. The summed E-state index contributed by atoms with van der Waals surface area (Å²) in [6.07, 6.45) is 0.739. The van der Waals surface area contributed by atoms with Gasteiger partial charge in [0, 0.05) is 18.0 Å². The number of aliphatic carboxylic acids is 1. The SMILES string of the molecule is COc1ccc(C2CCNCC2C(=O)O)c(OC)c1OC. The number of piperidine rings is 1. The number of benzene rings is 1. The highest BCUT2D eigenvalue weighted by Crippen LogP contribution is 2.45. The zero-order valence-electron chi connectivity index (χ0n) is 12.5. The molecule has 2 unspecified atom stereocenters. The van der Waals surface area contributed by atoms with Crippen LogP contribution in [0.2, 0.25) is 0 Å². The fourth-order valence-electron chi connectivity index (χ4n) is 2.91. The zero-order chi connectivity index (χ0) is 15.4. The summed E-state index contributed by atoms with van der Waals surface area (Å²) in [5.74, 6) is 0.224. The Morgan fingerprint density at radius 3 is 2.48 bits per heavy atom. The van der Waals surface area contributed by atoms with Gasteiger partial charge in [0.25, 0.3) is 0 Å². The molecule has 6 heteroatoms. The maximum atomic E-state index is 11.5. The first kappa shape index (κ1) is 15.4. The van der Waals surface area contributed by atoms with Crippen LogP contribution in [0.3, 0.4) is 0 Å². The van der Waals surface area contributed by atoms with Crippen molar-refractivity contribution >= 4 is 5.97 Å². The molecule has 0 saturated carbocycles. The van der Waals surface area contributed by atoms with Crippen LogP contribution in [0.1, 0.15) is 17.9 Å². The van der Waals surface area contributed by atoms with Gasteiger partial charge >= 0.3 is 5.97 Å². The van der Waals surface area contributed by atoms with Crippen LogP contribution in [0.15, 0.2) is 12.1 Å². The Morgan fingerprint density at radius 2 is 1.90 bits per heavy atom. The number of carboxylic acid groups (broad SMARTS) is 1. The Labute approximate surface area is 124 Å². The number of rotatable bonds is 5. The van der Waals surface area contributed by atoms with Gasteiger partial charge in [0.1, 0.15) is 0 Å². The van der Waals surface area contributed by atoms with Gasteiger partial charge in [-0.15, -0.1) is 0 Å². The number of methoxy groups -OCH3 is 3. The molecular formula is C15H21NO5. The lowest BCUT2D eigenvalue weighted by molar-refractivity contribution is -0.142. The fraction of sp³-hybridized carbons (Fsp3) is 0.533. The quantitative estimate of drug-likeness (QED) is 0.857. The van der Waals surface area contributed by atoms with Crippen LogP contribution in [0.4, 0.5) is 0 Å². The Bertz CT molecular complexity index is 517. The van der Waals surface area contributed by atoms with Crippen molar-refractivity contribution in [1.82, 2.24) is 5.32 Å². The summed E-state index contributed by atoms with van der Waals surface area (Å²) >= 11 is 0. The largest absolute Gasteiger partial charge is 0.493 e. The van der Waals surface area contributed by atoms with Crippen molar-refractivity contribution in [1.29, 1.82) is 0 Å². The molecule has 1 heterocycles. The molecule has 6 nitrogen and oxygen atoms in total. The number of nitrogens with one attached hydrogen (secondary N) is 1. The van der Waals surface area contributed by atoms with E-state index in [1.165, 1.54) is 0 Å². The van der Waals surface area contributed by atoms with E-state index in [1.54, 1.807) is 27.4 Å². The molecule has 116 valence electrons. The van der Waals surface area contributed by atoms with Crippen molar-refractivity contribution in [3.8, 4) is 17.2 Å². The van der Waals surface area contributed by atoms with Gasteiger partial charge in [0.05, 0.1) is 27.2 Å². The van der Waals surface area contributed by atoms with E-state index in [4.69, 9.17) is 14.2 Å². The van der Waals surface area contributed by atoms with Gasteiger partial charge in [-0.05, 0) is 19.0 Å². The van der Waals surface area contributed by atoms with Crippen molar-refractivity contribution in [2.45, 2.75) is 12.3 Å². The first-order valence-corrected chi connectivity index (χ1v) is 6.86. The van der Waals surface area contributed by atoms with Gasteiger partial charge in [-0.1, -0.05) is 6.07 Å². The van der Waals surface area contributed by atoms with Gasteiger partial charge in [-0.3, -0.25) is 4.79 Å². The van der Waals surface area contributed by atoms with E-state index in [2.05, 4.69) is 5.32 Å². The van der Waals surface area contributed by atoms with E-state index < -0.39 is 11.9 Å². The maximum Gasteiger partial charge on any atom is 0.308 e. The van der Waals surface area contributed by atoms with E-state index in [0.717, 1.165) is 18.5 Å². The second-order valence-electron chi connectivity index (χ2n) is 4.97. The van der Waals surface area contributed by atoms with E-state index in [-0.39, 0.29) is 5.92 Å². The molecule has 21 heavy (non-hydrogen) atoms. The fourth-order valence-corrected chi connectivity index (χ4v) is 2.91. The third-order valence-electron chi connectivity index (χ3n) is 3.93. The Morgan fingerprint density at radius 1 is 1.19 bits per heavy atom. The third-order valence-corrected chi connectivity index (χ3v) is 3.93. The van der Waals surface area contributed by atoms with Crippen LogP contribution < -0.4 is 19.5 Å². The first-order chi connectivity index (χ1) is 10.1. The van der Waals surface area contributed by atoms with E-state index in [1.807, 2.05) is 6.07 Å². The second kappa shape index (κ2) is 6.67. The van der Waals surface area contributed by atoms with Crippen LogP contribution in [-0.4, -0.2) is 45.5 Å². The van der Waals surface area contributed by atoms with Gasteiger partial charge < -0.3 is 24.6 Å². The molecule has 0 bridgehead atoms. The zero-order valence-corrected chi connectivity index (χ0v) is 12.5. The lowest BCUT2D eigenvalue weighted by Gasteiger charge is -2.31. The Kier molecular flexibility index (Phi) is 4.90. The number of hydrogen-bond acceptors (Lipinski definition) is 5. The predicted octanol–water partition coefficient (Wildman–Crippen LogP) is 1.49. The minimum Gasteiger partial charge on any atom is -0.493 e. The molecular weight excluding hydrogens is 274 g/mol. The van der Waals surface area contributed by atoms with Crippen molar-refractivity contribution in [3.63, 3.8) is 0 Å². The molecule has 1 aliphatic heterocycles. The lowest BCUT2D eigenvalue weighted by atomic mass is 9.80. The lowest BCUT2D eigenvalue weighted by Crippen LogP contribution is -2.39. The molecule has 2 atom stereocenters. The van der Waals surface area contributed by atoms with E-state index >= 15 is 0 Å². The summed E-state index contributed by atoms with van der Waals surface area (Å²) in [6, 6.07) is 3.66. The smallest absolute Gasteiger partial charge is 0.308 e. The molecule has 0 aromatic heterocycles. The van der Waals surface area contributed by atoms with Crippen LogP contribution in [-0.2, 0) is 4.79 Å². The average molecular weight is 295 g/mol. The van der Waals surface area contributed by atoms with Gasteiger partial charge in [-0.25, -0.2) is 0 Å². The summed E-state index contributed by atoms with van der Waals surface area (Å²) in [7, 11) is 4.65. The highest BCUT2D eigenvalue weighted by atomic mass is 16.5. The van der Waals surface area contributed by atoms with Crippen LogP contribution >= 0.6 is 0 Å². The number of carbonyl (C=O) groups is 1. The van der Waals surface area contributed by atoms with Crippen LogP contribution in [0.25, 0.3) is 0 Å². The van der Waals surface area contributed by atoms with Gasteiger partial charge in [0.15, 0.2) is 11.5 Å². The molecule has 1 aliphatic rings. The number of hydrogen-bond donors (Lipinski definition) is 2. The van der Waals surface area contributed by atoms with Crippen molar-refractivity contribution in [2.75, 3.05) is 34.4 Å². The summed E-state index contributed by atoms with van der Waals surface area (Å²) in [5, 5.41) is 12.6. The summed E-state index contributed by atoms with van der Waals surface area (Å²) in [6.45, 7) is 1.24. The van der Waals surface area contributed by atoms with Crippen molar-refractivity contribution in [2.24, 2.45) is 5.92 Å². The number of ether oxygens (including phenoxy) is 3. The second-order valence-corrected chi connectivity index (χ2v) is 4.97. The normalized spacial score (nSPS) is 21.7. The molecule has 1 fully saturated rings. The molecule has 0 radical (unpaired) electrons. The Hall–Kier alpha value is -1.95. The van der Waals surface area contributed by atoms with Crippen molar-refractivity contribution < 1.29 is 24.1 Å². The van der Waals surface area contributed by atoms with Crippen LogP contribution in [0.5, 0.6) is 17.2 Å². The molecule has 0 spiro atoms. The monoisotopic (exact) mass is 295 g/mol. The minimum absolute atomic E-state index is 0.112. The topological polar surface area (TPSA) is 77.0 Å². The standard InChI is InChI=1S/C15H21NO5/c1-19-12-5-4-10(13(20-2)14(12)21-3)9-6-7-16-8-11(9)15(17)18/h4-5,9,11,16H,6-8H2,1-3H3,(H,17,18). The first-order valence-electron chi connectivity index (χ1n) is 6.86. The molecule has 0 amide bonds. The molecule has 1 aromatic rings. The highest BCUT2D eigenvalue weighted by Gasteiger charge is 2.34. The predicted molar refractivity (Wildman–Crippen MR) is 77.5 cm³/mol. The van der Waals surface area contributed by atoms with E-state index in [0.29, 0.717) is 23.8 Å². The average Bonchev–Trinajstić information content (AvgIpc) is 2.53. The minimum atomic E-state index is -0.802. The molecule has 1 aromatic carbocycles. The van der Waals surface area contributed by atoms with Crippen molar-refractivity contribution in [3.05, 3.63) is 17.7 Å². The molecule has 2 rings (SSSR count). The van der Waals surface area contributed by atoms with Crippen LogP contribution in [0, 0.1) is 5.92 Å². The maximum absolute atomic E-state index is 11.5. The van der Waals surface area contributed by atoms with E-state index in [9.17, 15) is 9.90 Å². The summed E-state index contributed by atoms with van der Waals surface area (Å²) in [5.41, 5.74) is 0.851. The molecule has 2 N–H and O–H groups in total. The highest BCUT2D eigenvalue weighted by molar-refractivity contribution is 5.72. The number of carboxylic acids is 1. The van der Waals surface area contributed by atoms with Gasteiger partial charge in [-0.2, -0.15) is 0 Å². The molecule has 1 saturated heterocycles. The molecule has 0 aliphatic carbocycles. The third kappa shape index (κ3) is 2.90. The Balaban J connectivity index is 2.49. The summed E-state index contributed by atoms with van der Waals surface area (Å²) < 4.78 is 16.1. The van der Waals surface area contributed by atoms with Gasteiger partial charge in [0.2, 0.25) is 5.75 Å².